The second-order valence-corrected chi connectivity index (χ2v) is 10.6. The molecule has 1 aromatic carbocycles. The first-order valence-electron chi connectivity index (χ1n) is 12.8. The van der Waals surface area contributed by atoms with Crippen molar-refractivity contribution in [3.05, 3.63) is 50.8 Å². The van der Waals surface area contributed by atoms with E-state index in [2.05, 4.69) is 41.2 Å². The van der Waals surface area contributed by atoms with Crippen molar-refractivity contribution < 1.29 is 4.52 Å². The smallest absolute Gasteiger partial charge is 0.170 e. The number of hydrogen-bond donors (Lipinski definition) is 0. The first-order valence-corrected chi connectivity index (χ1v) is 13.6. The molecule has 3 aromatic rings. The largest absolute Gasteiger partial charge is 0.356 e. The standard InChI is InChI=1S/C26H31N3OS.C2H6/c1-18-21(6-4-19-2-3-19)7-10-24-25(28-30-26(18)24)11-5-20-12-14-29(15-13-20)17-23-9-8-22(16-27)31-23;1-2/h7-10,19-20H,2-6,11-15,17H2,1H3;1-2H3. The number of aryl methyl sites for hydroxylation is 3. The third-order valence-electron chi connectivity index (χ3n) is 7.24. The lowest BCUT2D eigenvalue weighted by molar-refractivity contribution is 0.173. The Labute approximate surface area is 202 Å². The van der Waals surface area contributed by atoms with Crippen LogP contribution in [0.15, 0.2) is 28.8 Å². The van der Waals surface area contributed by atoms with Crippen LogP contribution in [0, 0.1) is 30.1 Å². The summed E-state index contributed by atoms with van der Waals surface area (Å²) in [5.74, 6) is 1.73. The summed E-state index contributed by atoms with van der Waals surface area (Å²) in [5, 5.41) is 14.7. The van der Waals surface area contributed by atoms with Crippen molar-refractivity contribution >= 4 is 22.3 Å². The van der Waals surface area contributed by atoms with E-state index in [0.717, 1.165) is 54.0 Å². The molecule has 0 spiro atoms. The second-order valence-electron chi connectivity index (χ2n) is 9.47. The molecule has 5 heteroatoms. The number of benzene rings is 1. The fourth-order valence-electron chi connectivity index (χ4n) is 4.96. The molecule has 2 aliphatic rings. The van der Waals surface area contributed by atoms with Gasteiger partial charge in [0.1, 0.15) is 10.9 Å². The van der Waals surface area contributed by atoms with Crippen molar-refractivity contribution in [1.82, 2.24) is 10.1 Å². The van der Waals surface area contributed by atoms with E-state index in [1.807, 2.05) is 19.9 Å². The van der Waals surface area contributed by atoms with Crippen LogP contribution in [0.25, 0.3) is 11.0 Å². The van der Waals surface area contributed by atoms with Gasteiger partial charge in [0.2, 0.25) is 0 Å². The summed E-state index contributed by atoms with van der Waals surface area (Å²) in [4.78, 5) is 4.65. The molecule has 2 fully saturated rings. The molecule has 33 heavy (non-hydrogen) atoms. The zero-order chi connectivity index (χ0) is 23.2. The molecular weight excluding hydrogens is 426 g/mol. The third-order valence-corrected chi connectivity index (χ3v) is 8.22. The minimum Gasteiger partial charge on any atom is -0.356 e. The second kappa shape index (κ2) is 11.3. The van der Waals surface area contributed by atoms with Crippen molar-refractivity contribution in [2.45, 2.75) is 78.7 Å². The number of nitriles is 1. The fourth-order valence-corrected chi connectivity index (χ4v) is 5.81. The minimum atomic E-state index is 0.764. The molecule has 1 aliphatic heterocycles. The molecule has 176 valence electrons. The Morgan fingerprint density at radius 2 is 1.76 bits per heavy atom. The molecule has 5 rings (SSSR count). The van der Waals surface area contributed by atoms with E-state index >= 15 is 0 Å². The van der Waals surface area contributed by atoms with Crippen molar-refractivity contribution in [3.63, 3.8) is 0 Å². The number of likely N-dealkylation sites (tertiary alicyclic amines) is 1. The maximum Gasteiger partial charge on any atom is 0.170 e. The van der Waals surface area contributed by atoms with Gasteiger partial charge in [0.05, 0.1) is 5.69 Å². The van der Waals surface area contributed by atoms with E-state index in [0.29, 0.717) is 0 Å². The predicted molar refractivity (Wildman–Crippen MR) is 136 cm³/mol. The highest BCUT2D eigenvalue weighted by Crippen LogP contribution is 2.35. The fraction of sp³-hybridized carbons (Fsp3) is 0.571. The highest BCUT2D eigenvalue weighted by atomic mass is 32.1. The van der Waals surface area contributed by atoms with E-state index in [9.17, 15) is 0 Å². The third kappa shape index (κ3) is 6.05. The van der Waals surface area contributed by atoms with Crippen molar-refractivity contribution in [3.8, 4) is 6.07 Å². The van der Waals surface area contributed by atoms with Gasteiger partial charge in [0.25, 0.3) is 0 Å². The summed E-state index contributed by atoms with van der Waals surface area (Å²) in [6.45, 7) is 9.47. The predicted octanol–water partition coefficient (Wildman–Crippen LogP) is 7.28. The van der Waals surface area contributed by atoms with Gasteiger partial charge in [-0.2, -0.15) is 5.26 Å². The van der Waals surface area contributed by atoms with Gasteiger partial charge in [-0.25, -0.2) is 0 Å². The number of aromatic nitrogens is 1. The molecule has 2 aromatic heterocycles. The average molecular weight is 464 g/mol. The normalized spacial score (nSPS) is 17.0. The molecule has 1 aliphatic carbocycles. The van der Waals surface area contributed by atoms with Gasteiger partial charge in [0, 0.05) is 16.8 Å². The number of nitrogens with zero attached hydrogens (tertiary/aromatic N) is 3. The maximum atomic E-state index is 9.00. The van der Waals surface area contributed by atoms with Crippen molar-refractivity contribution in [2.75, 3.05) is 13.1 Å². The Balaban J connectivity index is 0.00000126. The molecule has 3 heterocycles. The quantitative estimate of drug-likeness (QED) is 0.352. The minimum absolute atomic E-state index is 0.764. The monoisotopic (exact) mass is 463 g/mol. The van der Waals surface area contributed by atoms with Crippen LogP contribution in [0.3, 0.4) is 0 Å². The van der Waals surface area contributed by atoms with E-state index in [-0.39, 0.29) is 0 Å². The van der Waals surface area contributed by atoms with Gasteiger partial charge in [-0.15, -0.1) is 11.3 Å². The zero-order valence-corrected chi connectivity index (χ0v) is 21.2. The van der Waals surface area contributed by atoms with E-state index in [1.54, 1.807) is 11.3 Å². The van der Waals surface area contributed by atoms with Crippen molar-refractivity contribution in [1.29, 1.82) is 5.26 Å². The maximum absolute atomic E-state index is 9.00. The van der Waals surface area contributed by atoms with Crippen LogP contribution in [0.5, 0.6) is 0 Å². The summed E-state index contributed by atoms with van der Waals surface area (Å²) >= 11 is 1.62. The molecular formula is C28H37N3OS. The Bertz CT molecular complexity index is 1080. The van der Waals surface area contributed by atoms with Gasteiger partial charge < -0.3 is 4.52 Å². The number of thiophene rings is 1. The molecule has 0 amide bonds. The zero-order valence-electron chi connectivity index (χ0n) is 20.4. The first-order chi connectivity index (χ1) is 16.2. The Kier molecular flexibility index (Phi) is 8.22. The van der Waals surface area contributed by atoms with Gasteiger partial charge in [-0.05, 0) is 99.7 Å². The lowest BCUT2D eigenvalue weighted by Crippen LogP contribution is -2.33. The van der Waals surface area contributed by atoms with Gasteiger partial charge in [-0.3, -0.25) is 4.90 Å². The lowest BCUT2D eigenvalue weighted by atomic mass is 9.91. The molecule has 4 nitrogen and oxygen atoms in total. The molecule has 0 atom stereocenters. The van der Waals surface area contributed by atoms with E-state index in [4.69, 9.17) is 9.78 Å². The number of hydrogen-bond acceptors (Lipinski definition) is 5. The van der Waals surface area contributed by atoms with Gasteiger partial charge in [0.15, 0.2) is 5.58 Å². The number of rotatable bonds is 8. The summed E-state index contributed by atoms with van der Waals surface area (Å²) in [6, 6.07) is 10.8. The van der Waals surface area contributed by atoms with Crippen LogP contribution in [0.2, 0.25) is 0 Å². The van der Waals surface area contributed by atoms with Crippen LogP contribution in [0.4, 0.5) is 0 Å². The molecule has 0 N–H and O–H groups in total. The van der Waals surface area contributed by atoms with Crippen LogP contribution in [0.1, 0.15) is 78.9 Å². The van der Waals surface area contributed by atoms with Crippen LogP contribution < -0.4 is 0 Å². The molecule has 0 bridgehead atoms. The summed E-state index contributed by atoms with van der Waals surface area (Å²) < 4.78 is 5.80. The van der Waals surface area contributed by atoms with Crippen molar-refractivity contribution in [2.24, 2.45) is 11.8 Å². The average Bonchev–Trinajstić information content (AvgIpc) is 3.41. The molecule has 0 unspecified atom stereocenters. The highest BCUT2D eigenvalue weighted by Gasteiger charge is 2.23. The summed E-state index contributed by atoms with van der Waals surface area (Å²) in [6.07, 6.45) is 10.0. The Morgan fingerprint density at radius 3 is 2.45 bits per heavy atom. The van der Waals surface area contributed by atoms with Gasteiger partial charge in [-0.1, -0.05) is 37.9 Å². The van der Waals surface area contributed by atoms with Gasteiger partial charge >= 0.3 is 0 Å². The molecule has 1 saturated heterocycles. The first kappa shape index (κ1) is 24.0. The lowest BCUT2D eigenvalue weighted by Gasteiger charge is -2.31. The number of fused-ring (bicyclic) bond motifs is 1. The Hall–Kier alpha value is -2.16. The summed E-state index contributed by atoms with van der Waals surface area (Å²) in [5.41, 5.74) is 4.86. The van der Waals surface area contributed by atoms with E-state index < -0.39 is 0 Å². The molecule has 1 saturated carbocycles. The van der Waals surface area contributed by atoms with E-state index in [1.165, 1.54) is 66.3 Å². The topological polar surface area (TPSA) is 53.1 Å². The Morgan fingerprint density at radius 1 is 1.03 bits per heavy atom. The van der Waals surface area contributed by atoms with Crippen LogP contribution >= 0.6 is 11.3 Å². The number of piperidine rings is 1. The van der Waals surface area contributed by atoms with Crippen LogP contribution in [-0.4, -0.2) is 23.1 Å². The highest BCUT2D eigenvalue weighted by molar-refractivity contribution is 7.12. The SMILES string of the molecule is CC.Cc1c(CCC2CC2)ccc2c(CCC3CCN(Cc4ccc(C#N)s4)CC3)noc12. The summed E-state index contributed by atoms with van der Waals surface area (Å²) in [7, 11) is 0. The van der Waals surface area contributed by atoms with Crippen LogP contribution in [-0.2, 0) is 19.4 Å². The molecule has 0 radical (unpaired) electrons.